The number of fused-ring (bicyclic) bond motifs is 1. The first-order chi connectivity index (χ1) is 11.3. The van der Waals surface area contributed by atoms with Gasteiger partial charge in [-0.25, -0.2) is 0 Å². The van der Waals surface area contributed by atoms with Crippen LogP contribution in [0, 0.1) is 12.8 Å². The van der Waals surface area contributed by atoms with Crippen LogP contribution in [-0.4, -0.2) is 42.5 Å². The van der Waals surface area contributed by atoms with E-state index < -0.39 is 23.3 Å². The Morgan fingerprint density at radius 3 is 2.67 bits per heavy atom. The van der Waals surface area contributed by atoms with E-state index in [1.165, 1.54) is 20.3 Å². The average molecular weight is 332 g/mol. The highest BCUT2D eigenvalue weighted by Crippen LogP contribution is 2.50. The smallest absolute Gasteiger partial charge is 0.314 e. The molecule has 2 unspecified atom stereocenters. The summed E-state index contributed by atoms with van der Waals surface area (Å²) in [7, 11) is 2.45. The molecule has 0 radical (unpaired) electrons. The molecule has 7 nitrogen and oxygen atoms in total. The van der Waals surface area contributed by atoms with Crippen LogP contribution >= 0.6 is 0 Å². The van der Waals surface area contributed by atoms with Gasteiger partial charge in [-0.05, 0) is 24.6 Å². The van der Waals surface area contributed by atoms with E-state index in [1.807, 2.05) is 0 Å². The maximum absolute atomic E-state index is 13.1. The number of benzene rings is 1. The lowest BCUT2D eigenvalue weighted by Crippen LogP contribution is -2.55. The number of ketones is 2. The third kappa shape index (κ3) is 2.01. The van der Waals surface area contributed by atoms with E-state index in [9.17, 15) is 19.5 Å². The van der Waals surface area contributed by atoms with Crippen LogP contribution in [0.15, 0.2) is 24.0 Å². The molecule has 24 heavy (non-hydrogen) atoms. The summed E-state index contributed by atoms with van der Waals surface area (Å²) >= 11 is 0. The van der Waals surface area contributed by atoms with E-state index in [-0.39, 0.29) is 35.0 Å². The van der Waals surface area contributed by atoms with Gasteiger partial charge in [0.15, 0.2) is 11.5 Å². The number of phenols is 1. The monoisotopic (exact) mass is 332 g/mol. The predicted octanol–water partition coefficient (Wildman–Crippen LogP) is 1.31. The molecule has 3 rings (SSSR count). The molecule has 1 N–H and O–H groups in total. The number of Topliss-reactive ketones (excluding diaryl/α,β-unsaturated/α-hetero) is 1. The standard InChI is InChI=1S/C17H16O7/c1-8-4-11(19)14-12(5-8)24-17(15(14)20)10(16(21)23-3)6-9(18)7-13(17)22-2/h4-5,7,10,19H,6H2,1-3H3. The Balaban J connectivity index is 2.24. The van der Waals surface area contributed by atoms with Crippen molar-refractivity contribution in [2.75, 3.05) is 14.2 Å². The van der Waals surface area contributed by atoms with Crippen molar-refractivity contribution in [3.05, 3.63) is 35.1 Å². The van der Waals surface area contributed by atoms with Crippen LogP contribution in [0.4, 0.5) is 0 Å². The molecule has 0 bridgehead atoms. The molecule has 2 atom stereocenters. The van der Waals surface area contributed by atoms with E-state index in [0.717, 1.165) is 6.08 Å². The van der Waals surface area contributed by atoms with Crippen LogP contribution < -0.4 is 4.74 Å². The molecule has 1 aliphatic carbocycles. The summed E-state index contributed by atoms with van der Waals surface area (Å²) in [6, 6.07) is 3.01. The van der Waals surface area contributed by atoms with Gasteiger partial charge in [0.25, 0.3) is 0 Å². The minimum absolute atomic E-state index is 0.0354. The molecule has 0 saturated heterocycles. The summed E-state index contributed by atoms with van der Waals surface area (Å²) < 4.78 is 15.8. The lowest BCUT2D eigenvalue weighted by atomic mass is 9.74. The minimum atomic E-state index is -1.84. The Labute approximate surface area is 137 Å². The lowest BCUT2D eigenvalue weighted by Gasteiger charge is -2.36. The number of esters is 1. The molecule has 0 saturated carbocycles. The molecular weight excluding hydrogens is 316 g/mol. The van der Waals surface area contributed by atoms with E-state index in [2.05, 4.69) is 0 Å². The minimum Gasteiger partial charge on any atom is -0.507 e. The van der Waals surface area contributed by atoms with Crippen LogP contribution in [0.1, 0.15) is 22.3 Å². The Kier molecular flexibility index (Phi) is 3.59. The van der Waals surface area contributed by atoms with Crippen molar-refractivity contribution in [1.29, 1.82) is 0 Å². The lowest BCUT2D eigenvalue weighted by molar-refractivity contribution is -0.154. The van der Waals surface area contributed by atoms with Gasteiger partial charge in [-0.1, -0.05) is 0 Å². The van der Waals surface area contributed by atoms with Gasteiger partial charge in [-0.15, -0.1) is 0 Å². The molecule has 0 aromatic heterocycles. The molecule has 7 heteroatoms. The molecule has 1 aliphatic heterocycles. The Morgan fingerprint density at radius 2 is 2.04 bits per heavy atom. The average Bonchev–Trinajstić information content (AvgIpc) is 2.82. The molecule has 0 amide bonds. The van der Waals surface area contributed by atoms with Gasteiger partial charge in [-0.3, -0.25) is 14.4 Å². The first-order valence-electron chi connectivity index (χ1n) is 7.29. The van der Waals surface area contributed by atoms with Crippen molar-refractivity contribution in [3.8, 4) is 11.5 Å². The number of methoxy groups -OCH3 is 2. The SMILES string of the molecule is COC(=O)C1CC(=O)C=C(OC)C12Oc1cc(C)cc(O)c1C2=O. The summed E-state index contributed by atoms with van der Waals surface area (Å²) in [6.07, 6.45) is 0.895. The Bertz CT molecular complexity index is 792. The van der Waals surface area contributed by atoms with Crippen LogP contribution in [0.2, 0.25) is 0 Å². The molecular formula is C17H16O7. The maximum atomic E-state index is 13.1. The first-order valence-corrected chi connectivity index (χ1v) is 7.29. The number of hydrogen-bond donors (Lipinski definition) is 1. The van der Waals surface area contributed by atoms with Crippen molar-refractivity contribution in [2.24, 2.45) is 5.92 Å². The largest absolute Gasteiger partial charge is 0.507 e. The van der Waals surface area contributed by atoms with Crippen molar-refractivity contribution < 1.29 is 33.7 Å². The van der Waals surface area contributed by atoms with Gasteiger partial charge in [0.1, 0.15) is 23.0 Å². The van der Waals surface area contributed by atoms with Crippen molar-refractivity contribution in [3.63, 3.8) is 0 Å². The van der Waals surface area contributed by atoms with Gasteiger partial charge in [0.05, 0.1) is 14.2 Å². The number of ether oxygens (including phenoxy) is 3. The number of aryl methyl sites for hydroxylation is 1. The zero-order chi connectivity index (χ0) is 17.6. The van der Waals surface area contributed by atoms with E-state index in [1.54, 1.807) is 13.0 Å². The highest BCUT2D eigenvalue weighted by atomic mass is 16.6. The molecule has 1 spiro atoms. The second-order valence-electron chi connectivity index (χ2n) is 5.78. The third-order valence-corrected chi connectivity index (χ3v) is 4.32. The van der Waals surface area contributed by atoms with E-state index >= 15 is 0 Å². The Hall–Kier alpha value is -2.83. The summed E-state index contributed by atoms with van der Waals surface area (Å²) in [5.41, 5.74) is -1.20. The van der Waals surface area contributed by atoms with Gasteiger partial charge in [0, 0.05) is 12.5 Å². The summed E-state index contributed by atoms with van der Waals surface area (Å²) in [4.78, 5) is 37.2. The van der Waals surface area contributed by atoms with E-state index in [4.69, 9.17) is 14.2 Å². The predicted molar refractivity (Wildman–Crippen MR) is 80.8 cm³/mol. The number of phenolic OH excluding ortho intramolecular Hbond substituents is 1. The number of hydrogen-bond acceptors (Lipinski definition) is 7. The normalized spacial score (nSPS) is 25.1. The fraction of sp³-hybridized carbons (Fsp3) is 0.353. The van der Waals surface area contributed by atoms with Crippen LogP contribution in [0.5, 0.6) is 11.5 Å². The van der Waals surface area contributed by atoms with Crippen molar-refractivity contribution >= 4 is 17.5 Å². The molecule has 1 aromatic rings. The summed E-state index contributed by atoms with van der Waals surface area (Å²) in [6.45, 7) is 1.73. The highest BCUT2D eigenvalue weighted by Gasteiger charge is 2.63. The zero-order valence-corrected chi connectivity index (χ0v) is 13.4. The summed E-state index contributed by atoms with van der Waals surface area (Å²) in [5, 5.41) is 10.1. The number of allylic oxidation sites excluding steroid dienone is 1. The fourth-order valence-electron chi connectivity index (χ4n) is 3.27. The van der Waals surface area contributed by atoms with Crippen molar-refractivity contribution in [2.45, 2.75) is 18.9 Å². The molecule has 126 valence electrons. The molecule has 1 aromatic carbocycles. The quantitative estimate of drug-likeness (QED) is 0.815. The van der Waals surface area contributed by atoms with E-state index in [0.29, 0.717) is 5.56 Å². The number of aromatic hydroxyl groups is 1. The Morgan fingerprint density at radius 1 is 1.33 bits per heavy atom. The molecule has 0 fully saturated rings. The van der Waals surface area contributed by atoms with Gasteiger partial charge in [0.2, 0.25) is 11.4 Å². The van der Waals surface area contributed by atoms with Gasteiger partial charge < -0.3 is 19.3 Å². The molecule has 2 aliphatic rings. The second-order valence-corrected chi connectivity index (χ2v) is 5.78. The van der Waals surface area contributed by atoms with Gasteiger partial charge in [-0.2, -0.15) is 0 Å². The zero-order valence-electron chi connectivity index (χ0n) is 13.4. The van der Waals surface area contributed by atoms with Crippen LogP contribution in [-0.2, 0) is 19.1 Å². The highest BCUT2D eigenvalue weighted by molar-refractivity contribution is 6.15. The molecule has 1 heterocycles. The van der Waals surface area contributed by atoms with Gasteiger partial charge >= 0.3 is 5.97 Å². The fourth-order valence-corrected chi connectivity index (χ4v) is 3.27. The topological polar surface area (TPSA) is 99.1 Å². The maximum Gasteiger partial charge on any atom is 0.314 e. The second kappa shape index (κ2) is 5.36. The van der Waals surface area contributed by atoms with Crippen LogP contribution in [0.3, 0.4) is 0 Å². The third-order valence-electron chi connectivity index (χ3n) is 4.32. The van der Waals surface area contributed by atoms with Crippen LogP contribution in [0.25, 0.3) is 0 Å². The van der Waals surface area contributed by atoms with Crippen molar-refractivity contribution in [1.82, 2.24) is 0 Å². The first kappa shape index (κ1) is 16.0. The summed E-state index contributed by atoms with van der Waals surface area (Å²) in [5.74, 6) is -3.15. The number of rotatable bonds is 2. The number of carbonyl (C=O) groups excluding carboxylic acids is 3. The number of carbonyl (C=O) groups is 3.